The van der Waals surface area contributed by atoms with Crippen molar-refractivity contribution in [2.45, 2.75) is 0 Å². The molecule has 0 atom stereocenters. The van der Waals surface area contributed by atoms with Gasteiger partial charge in [-0.25, -0.2) is 0 Å². The van der Waals surface area contributed by atoms with E-state index in [-0.39, 0.29) is 17.8 Å². The Morgan fingerprint density at radius 3 is 0.944 bits per heavy atom. The minimum atomic E-state index is -4.58. The van der Waals surface area contributed by atoms with E-state index in [2.05, 4.69) is 0 Å². The first-order valence-corrected chi connectivity index (χ1v) is 11.4. The molecule has 0 radical (unpaired) electrons. The van der Waals surface area contributed by atoms with Crippen molar-refractivity contribution in [3.8, 4) is 0 Å². The molecule has 0 spiro atoms. The van der Waals surface area contributed by atoms with Crippen molar-refractivity contribution in [2.75, 3.05) is 0 Å². The Bertz CT molecular complexity index is 718. The molecule has 0 unspecified atom stereocenters. The molecule has 92 valence electrons. The average molecular weight is 374 g/mol. The number of fused-ring (bicyclic) bond motifs is 2. The van der Waals surface area contributed by atoms with E-state index in [1.54, 1.807) is 24.3 Å². The zero-order chi connectivity index (χ0) is 13.0. The van der Waals surface area contributed by atoms with Gasteiger partial charge in [0.25, 0.3) is 0 Å². The van der Waals surface area contributed by atoms with Gasteiger partial charge >= 0.3 is 107 Å². The molecule has 1 aliphatic heterocycles. The molecule has 1 heterocycles. The SMILES string of the molecule is O=[Se]1(=O)c2ccccc2[Se](=O)(=O)c2ccccc21. The van der Waals surface area contributed by atoms with Crippen molar-refractivity contribution in [3.05, 3.63) is 48.5 Å². The van der Waals surface area contributed by atoms with E-state index in [9.17, 15) is 15.3 Å². The molecule has 2 aromatic rings. The summed E-state index contributed by atoms with van der Waals surface area (Å²) in [6.07, 6.45) is 0. The zero-order valence-corrected chi connectivity index (χ0v) is 12.5. The molecule has 0 saturated carbocycles. The van der Waals surface area contributed by atoms with Gasteiger partial charge in [-0.1, -0.05) is 0 Å². The summed E-state index contributed by atoms with van der Waals surface area (Å²) in [6.45, 7) is 0. The Kier molecular flexibility index (Phi) is 2.34. The minimum absolute atomic E-state index is 0.0440. The van der Waals surface area contributed by atoms with Gasteiger partial charge in [-0.2, -0.15) is 0 Å². The summed E-state index contributed by atoms with van der Waals surface area (Å²) in [7, 11) is 0. The fraction of sp³-hybridized carbons (Fsp3) is 0. The van der Waals surface area contributed by atoms with Crippen molar-refractivity contribution in [1.29, 1.82) is 0 Å². The van der Waals surface area contributed by atoms with Crippen molar-refractivity contribution < 1.29 is 15.3 Å². The number of hydrogen-bond acceptors (Lipinski definition) is 4. The summed E-state index contributed by atoms with van der Waals surface area (Å²) in [5.74, 6) is 0. The van der Waals surface area contributed by atoms with Crippen LogP contribution in [0.3, 0.4) is 0 Å². The van der Waals surface area contributed by atoms with Crippen LogP contribution in [0.15, 0.2) is 48.5 Å². The van der Waals surface area contributed by atoms with Crippen LogP contribution in [-0.2, 0) is 15.3 Å². The molecule has 3 rings (SSSR count). The van der Waals surface area contributed by atoms with Crippen molar-refractivity contribution in [1.82, 2.24) is 0 Å². The first kappa shape index (κ1) is 11.8. The van der Waals surface area contributed by atoms with Gasteiger partial charge in [-0.15, -0.1) is 0 Å². The van der Waals surface area contributed by atoms with Crippen molar-refractivity contribution in [3.63, 3.8) is 0 Å². The number of rotatable bonds is 0. The topological polar surface area (TPSA) is 68.3 Å². The monoisotopic (exact) mass is 376 g/mol. The van der Waals surface area contributed by atoms with Gasteiger partial charge in [-0.3, -0.25) is 0 Å². The summed E-state index contributed by atoms with van der Waals surface area (Å²) < 4.78 is 49.4. The predicted octanol–water partition coefficient (Wildman–Crippen LogP) is -1.17. The van der Waals surface area contributed by atoms with Crippen LogP contribution < -0.4 is 17.8 Å². The van der Waals surface area contributed by atoms with Crippen LogP contribution in [0.5, 0.6) is 0 Å². The molecule has 6 heteroatoms. The molecule has 0 N–H and O–H groups in total. The summed E-state index contributed by atoms with van der Waals surface area (Å²) >= 11 is -9.17. The van der Waals surface area contributed by atoms with Gasteiger partial charge in [0, 0.05) is 0 Å². The maximum absolute atomic E-state index is 12.4. The molecule has 0 aliphatic carbocycles. The van der Waals surface area contributed by atoms with E-state index in [0.29, 0.717) is 0 Å². The maximum atomic E-state index is 12.4. The van der Waals surface area contributed by atoms with Gasteiger partial charge in [0.05, 0.1) is 0 Å². The van der Waals surface area contributed by atoms with Crippen molar-refractivity contribution in [2.24, 2.45) is 0 Å². The molecule has 2 aromatic carbocycles. The molecule has 0 bridgehead atoms. The zero-order valence-electron chi connectivity index (χ0n) is 9.07. The summed E-state index contributed by atoms with van der Waals surface area (Å²) in [6, 6.07) is 11.6. The Morgan fingerprint density at radius 2 is 0.722 bits per heavy atom. The second-order valence-electron chi connectivity index (χ2n) is 3.90. The fourth-order valence-electron chi connectivity index (χ4n) is 2.03. The van der Waals surface area contributed by atoms with E-state index >= 15 is 0 Å². The first-order valence-electron chi connectivity index (χ1n) is 5.14. The third-order valence-corrected chi connectivity index (χ3v) is 12.0. The summed E-state index contributed by atoms with van der Waals surface area (Å²) in [5, 5.41) is 0. The Balaban J connectivity index is 2.58. The molecular formula is C12H8O4Se2. The molecule has 0 aromatic heterocycles. The molecule has 4 nitrogen and oxygen atoms in total. The third kappa shape index (κ3) is 1.38. The standard InChI is InChI=1S/C12H8O4Se2/c13-17(14)9-5-1-2-6-10(9)18(15,16)12-8-4-3-7-11(12)17/h1-8H. The van der Waals surface area contributed by atoms with E-state index < -0.39 is 25.4 Å². The van der Waals surface area contributed by atoms with Crippen LogP contribution in [-0.4, -0.2) is 25.4 Å². The molecule has 0 fully saturated rings. The first-order chi connectivity index (χ1) is 8.45. The van der Waals surface area contributed by atoms with Gasteiger partial charge in [0.15, 0.2) is 0 Å². The molecule has 1 aliphatic rings. The van der Waals surface area contributed by atoms with Gasteiger partial charge in [0.2, 0.25) is 0 Å². The van der Waals surface area contributed by atoms with Crippen LogP contribution in [0.25, 0.3) is 0 Å². The van der Waals surface area contributed by atoms with E-state index in [0.717, 1.165) is 0 Å². The van der Waals surface area contributed by atoms with E-state index in [4.69, 9.17) is 0 Å². The third-order valence-electron chi connectivity index (χ3n) is 2.86. The van der Waals surface area contributed by atoms with Crippen LogP contribution in [0.2, 0.25) is 0 Å². The van der Waals surface area contributed by atoms with Crippen LogP contribution in [0.4, 0.5) is 0 Å². The quantitative estimate of drug-likeness (QED) is 0.466. The predicted molar refractivity (Wildman–Crippen MR) is 65.7 cm³/mol. The normalized spacial score (nSPS) is 18.7. The second-order valence-corrected chi connectivity index (χ2v) is 11.8. The Labute approximate surface area is 107 Å². The van der Waals surface area contributed by atoms with Gasteiger partial charge in [0.1, 0.15) is 0 Å². The fourth-order valence-corrected chi connectivity index (χ4v) is 12.8. The van der Waals surface area contributed by atoms with Crippen LogP contribution >= 0.6 is 0 Å². The number of benzene rings is 2. The summed E-state index contributed by atoms with van der Waals surface area (Å²) in [5.41, 5.74) is 0. The Hall–Kier alpha value is -1.32. The van der Waals surface area contributed by atoms with Gasteiger partial charge in [-0.05, 0) is 0 Å². The second kappa shape index (κ2) is 3.59. The summed E-state index contributed by atoms with van der Waals surface area (Å²) in [4.78, 5) is 0. The van der Waals surface area contributed by atoms with Crippen LogP contribution in [0, 0.1) is 0 Å². The van der Waals surface area contributed by atoms with Gasteiger partial charge < -0.3 is 0 Å². The Morgan fingerprint density at radius 1 is 0.500 bits per heavy atom. The molecule has 0 saturated heterocycles. The van der Waals surface area contributed by atoms with Crippen molar-refractivity contribution >= 4 is 43.3 Å². The van der Waals surface area contributed by atoms with E-state index in [1.165, 1.54) is 24.3 Å². The van der Waals surface area contributed by atoms with E-state index in [1.807, 2.05) is 0 Å². The van der Waals surface area contributed by atoms with Crippen LogP contribution in [0.1, 0.15) is 0 Å². The molecule has 0 amide bonds. The average Bonchev–Trinajstić information content (AvgIpc) is 2.37. The number of hydrogen-bond donors (Lipinski definition) is 0. The molecular weight excluding hydrogens is 366 g/mol. The molecule has 18 heavy (non-hydrogen) atoms.